The molecule has 0 aliphatic carbocycles. The number of nitrogens with two attached hydrogens (primary N) is 1. The number of hydrogen-bond donors (Lipinski definition) is 2. The van der Waals surface area contributed by atoms with E-state index in [2.05, 4.69) is 23.2 Å². The summed E-state index contributed by atoms with van der Waals surface area (Å²) in [6.45, 7) is 5.33. The van der Waals surface area contributed by atoms with E-state index in [0.717, 1.165) is 29.6 Å². The number of rotatable bonds is 5. The molecular formula is C17H27N3O. The van der Waals surface area contributed by atoms with Crippen LogP contribution in [0.15, 0.2) is 18.2 Å². The highest BCUT2D eigenvalue weighted by Gasteiger charge is 2.31. The molecule has 2 fully saturated rings. The Morgan fingerprint density at radius 1 is 1.33 bits per heavy atom. The van der Waals surface area contributed by atoms with Gasteiger partial charge >= 0.3 is 0 Å². The van der Waals surface area contributed by atoms with Crippen LogP contribution >= 0.6 is 0 Å². The minimum Gasteiger partial charge on any atom is -0.491 e. The summed E-state index contributed by atoms with van der Waals surface area (Å²) in [6.07, 6.45) is 6.15. The van der Waals surface area contributed by atoms with Gasteiger partial charge in [-0.25, -0.2) is 0 Å². The summed E-state index contributed by atoms with van der Waals surface area (Å²) in [5, 5.41) is 3.65. The normalized spacial score (nSPS) is 25.6. The average Bonchev–Trinajstić information content (AvgIpc) is 2.96. The summed E-state index contributed by atoms with van der Waals surface area (Å²) in [5.41, 5.74) is 8.03. The number of benzene rings is 1. The van der Waals surface area contributed by atoms with E-state index >= 15 is 0 Å². The van der Waals surface area contributed by atoms with Crippen LogP contribution in [-0.2, 0) is 0 Å². The third-order valence-electron chi connectivity index (χ3n) is 4.71. The van der Waals surface area contributed by atoms with E-state index in [1.807, 2.05) is 12.1 Å². The van der Waals surface area contributed by atoms with Crippen LogP contribution in [0.3, 0.4) is 0 Å². The molecule has 3 rings (SSSR count). The Morgan fingerprint density at radius 2 is 2.24 bits per heavy atom. The van der Waals surface area contributed by atoms with E-state index < -0.39 is 0 Å². The maximum atomic E-state index is 6.25. The standard InChI is InChI=1S/C17H27N3O/c1-2-11-21-16-7-3-6-15(17(16)18)19-13-8-10-20-9-4-5-14(20)12-13/h3,6-7,13-14,19H,2,4-5,8-12,18H2,1H3. The monoisotopic (exact) mass is 289 g/mol. The molecule has 2 heterocycles. The number of para-hydroxylation sites is 1. The van der Waals surface area contributed by atoms with Crippen molar-refractivity contribution < 1.29 is 4.74 Å². The van der Waals surface area contributed by atoms with Crippen LogP contribution in [0.1, 0.15) is 39.0 Å². The van der Waals surface area contributed by atoms with Crippen LogP contribution < -0.4 is 15.8 Å². The zero-order chi connectivity index (χ0) is 14.7. The third-order valence-corrected chi connectivity index (χ3v) is 4.71. The van der Waals surface area contributed by atoms with Gasteiger partial charge in [-0.2, -0.15) is 0 Å². The van der Waals surface area contributed by atoms with Gasteiger partial charge in [-0.1, -0.05) is 13.0 Å². The fourth-order valence-corrected chi connectivity index (χ4v) is 3.58. The summed E-state index contributed by atoms with van der Waals surface area (Å²) in [5.74, 6) is 0.806. The summed E-state index contributed by atoms with van der Waals surface area (Å²) in [7, 11) is 0. The van der Waals surface area contributed by atoms with Gasteiger partial charge in [0.25, 0.3) is 0 Å². The van der Waals surface area contributed by atoms with Crippen LogP contribution in [0.4, 0.5) is 11.4 Å². The second-order valence-corrected chi connectivity index (χ2v) is 6.26. The Kier molecular flexibility index (Phi) is 4.54. The van der Waals surface area contributed by atoms with Gasteiger partial charge < -0.3 is 20.7 Å². The van der Waals surface area contributed by atoms with Gasteiger partial charge in [0.15, 0.2) is 0 Å². The molecule has 0 amide bonds. The molecule has 0 aromatic heterocycles. The second kappa shape index (κ2) is 6.56. The van der Waals surface area contributed by atoms with Crippen LogP contribution in [0.5, 0.6) is 5.75 Å². The van der Waals surface area contributed by atoms with Crippen molar-refractivity contribution in [2.45, 2.75) is 51.1 Å². The summed E-state index contributed by atoms with van der Waals surface area (Å²) in [6, 6.07) is 7.35. The molecule has 21 heavy (non-hydrogen) atoms. The molecule has 2 aliphatic rings. The number of nitrogens with zero attached hydrogens (tertiary/aromatic N) is 1. The first-order valence-corrected chi connectivity index (χ1v) is 8.29. The van der Waals surface area contributed by atoms with Crippen molar-refractivity contribution in [1.29, 1.82) is 0 Å². The van der Waals surface area contributed by atoms with Crippen LogP contribution in [0, 0.1) is 0 Å². The van der Waals surface area contributed by atoms with Gasteiger partial charge in [-0.3, -0.25) is 0 Å². The molecular weight excluding hydrogens is 262 g/mol. The van der Waals surface area contributed by atoms with E-state index in [9.17, 15) is 0 Å². The molecule has 0 saturated carbocycles. The largest absolute Gasteiger partial charge is 0.491 e. The summed E-state index contributed by atoms with van der Waals surface area (Å²) in [4.78, 5) is 2.64. The Morgan fingerprint density at radius 3 is 3.10 bits per heavy atom. The highest BCUT2D eigenvalue weighted by molar-refractivity contribution is 5.73. The van der Waals surface area contributed by atoms with E-state index in [0.29, 0.717) is 12.6 Å². The lowest BCUT2D eigenvalue weighted by Gasteiger charge is -2.35. The van der Waals surface area contributed by atoms with Crippen molar-refractivity contribution in [3.63, 3.8) is 0 Å². The number of anilines is 2. The van der Waals surface area contributed by atoms with Crippen molar-refractivity contribution >= 4 is 11.4 Å². The fourth-order valence-electron chi connectivity index (χ4n) is 3.58. The molecule has 0 spiro atoms. The molecule has 1 aromatic rings. The first-order chi connectivity index (χ1) is 10.3. The van der Waals surface area contributed by atoms with Crippen molar-refractivity contribution in [3.05, 3.63) is 18.2 Å². The quantitative estimate of drug-likeness (QED) is 0.818. The Bertz CT molecular complexity index is 477. The minimum atomic E-state index is 0.535. The maximum absolute atomic E-state index is 6.25. The summed E-state index contributed by atoms with van der Waals surface area (Å²) < 4.78 is 5.71. The lowest BCUT2D eigenvalue weighted by molar-refractivity contribution is 0.188. The van der Waals surface area contributed by atoms with E-state index in [1.54, 1.807) is 0 Å². The number of piperidine rings is 1. The maximum Gasteiger partial charge on any atom is 0.144 e. The van der Waals surface area contributed by atoms with Gasteiger partial charge in [0.2, 0.25) is 0 Å². The molecule has 1 aromatic carbocycles. The van der Waals surface area contributed by atoms with Gasteiger partial charge in [-0.05, 0) is 50.8 Å². The molecule has 4 heteroatoms. The van der Waals surface area contributed by atoms with Crippen LogP contribution in [0.25, 0.3) is 0 Å². The number of nitrogen functional groups attached to an aromatic ring is 1. The van der Waals surface area contributed by atoms with Gasteiger partial charge in [0, 0.05) is 18.6 Å². The van der Waals surface area contributed by atoms with E-state index in [4.69, 9.17) is 10.5 Å². The molecule has 2 saturated heterocycles. The molecule has 2 aliphatic heterocycles. The van der Waals surface area contributed by atoms with Crippen molar-refractivity contribution in [2.24, 2.45) is 0 Å². The van der Waals surface area contributed by atoms with Crippen molar-refractivity contribution in [2.75, 3.05) is 30.7 Å². The lowest BCUT2D eigenvalue weighted by Crippen LogP contribution is -2.42. The molecule has 4 nitrogen and oxygen atoms in total. The average molecular weight is 289 g/mol. The van der Waals surface area contributed by atoms with Crippen LogP contribution in [0.2, 0.25) is 0 Å². The zero-order valence-electron chi connectivity index (χ0n) is 13.0. The van der Waals surface area contributed by atoms with Gasteiger partial charge in [0.05, 0.1) is 18.0 Å². The molecule has 3 N–H and O–H groups in total. The topological polar surface area (TPSA) is 50.5 Å². The van der Waals surface area contributed by atoms with Crippen molar-refractivity contribution in [3.8, 4) is 5.75 Å². The minimum absolute atomic E-state index is 0.535. The Balaban J connectivity index is 1.64. The third kappa shape index (κ3) is 3.26. The first-order valence-electron chi connectivity index (χ1n) is 8.29. The molecule has 2 unspecified atom stereocenters. The zero-order valence-corrected chi connectivity index (χ0v) is 13.0. The SMILES string of the molecule is CCCOc1cccc(NC2CCN3CCCC3C2)c1N. The van der Waals surface area contributed by atoms with Gasteiger partial charge in [-0.15, -0.1) is 0 Å². The molecule has 2 atom stereocenters. The van der Waals surface area contributed by atoms with E-state index in [1.165, 1.54) is 38.8 Å². The number of hydrogen-bond acceptors (Lipinski definition) is 4. The summed E-state index contributed by atoms with van der Waals surface area (Å²) >= 11 is 0. The predicted octanol–water partition coefficient (Wildman–Crippen LogP) is 3.10. The smallest absolute Gasteiger partial charge is 0.144 e. The number of nitrogens with one attached hydrogen (secondary N) is 1. The Labute approximate surface area is 127 Å². The number of ether oxygens (including phenoxy) is 1. The van der Waals surface area contributed by atoms with Gasteiger partial charge in [0.1, 0.15) is 5.75 Å². The van der Waals surface area contributed by atoms with Crippen molar-refractivity contribution in [1.82, 2.24) is 4.90 Å². The first kappa shape index (κ1) is 14.5. The van der Waals surface area contributed by atoms with E-state index in [-0.39, 0.29) is 0 Å². The molecule has 0 bridgehead atoms. The number of fused-ring (bicyclic) bond motifs is 1. The highest BCUT2D eigenvalue weighted by atomic mass is 16.5. The Hall–Kier alpha value is -1.42. The molecule has 0 radical (unpaired) electrons. The lowest BCUT2D eigenvalue weighted by atomic mass is 9.97. The second-order valence-electron chi connectivity index (χ2n) is 6.26. The fraction of sp³-hybridized carbons (Fsp3) is 0.647. The van der Waals surface area contributed by atoms with Crippen LogP contribution in [-0.4, -0.2) is 36.7 Å². The highest BCUT2D eigenvalue weighted by Crippen LogP contribution is 2.33. The molecule has 116 valence electrons. The predicted molar refractivity (Wildman–Crippen MR) is 87.9 cm³/mol.